The van der Waals surface area contributed by atoms with E-state index >= 15 is 0 Å². The van der Waals surface area contributed by atoms with Gasteiger partial charge in [-0.15, -0.1) is 0 Å². The van der Waals surface area contributed by atoms with E-state index in [1.54, 1.807) is 0 Å². The topological polar surface area (TPSA) is 172 Å². The summed E-state index contributed by atoms with van der Waals surface area (Å²) in [7, 11) is -14.0. The predicted molar refractivity (Wildman–Crippen MR) is 103 cm³/mol. The maximum atomic E-state index is 12.5. The molecule has 0 N–H and O–H groups in total. The van der Waals surface area contributed by atoms with Crippen LogP contribution in [0.5, 0.6) is 0 Å². The molecule has 0 aliphatic carbocycles. The van der Waals surface area contributed by atoms with Crippen molar-refractivity contribution in [2.24, 2.45) is 0 Å². The summed E-state index contributed by atoms with van der Waals surface area (Å²) in [5.41, 5.74) is 0. The average Bonchev–Trinajstić information content (AvgIpc) is 2.67. The Kier molecular flexibility index (Phi) is 13.0. The van der Waals surface area contributed by atoms with Crippen LogP contribution in [0.4, 0.5) is 13.2 Å². The zero-order valence-corrected chi connectivity index (χ0v) is 22.1. The van der Waals surface area contributed by atoms with Crippen molar-refractivity contribution in [1.82, 2.24) is 0 Å². The summed E-state index contributed by atoms with van der Waals surface area (Å²) in [6.07, 6.45) is 0. The SMILES string of the molecule is O=S(=O)([O-])c1ccccc1F.O=S(=O)([O-])c1ccccc1F.O=S(=O)([O-])c1ccccc1F.[Ce+3]. The van der Waals surface area contributed by atoms with Crippen molar-refractivity contribution in [3.63, 3.8) is 0 Å². The second-order valence-corrected chi connectivity index (χ2v) is 9.70. The first-order valence-corrected chi connectivity index (χ1v) is 12.4. The predicted octanol–water partition coefficient (Wildman–Crippen LogP) is 2.19. The van der Waals surface area contributed by atoms with Gasteiger partial charge in [-0.1, -0.05) is 36.4 Å². The maximum Gasteiger partial charge on any atom is 3.00 e. The molecule has 16 heteroatoms. The zero-order chi connectivity index (χ0) is 25.4. The number of hydrogen-bond donors (Lipinski definition) is 0. The van der Waals surface area contributed by atoms with Crippen LogP contribution >= 0.6 is 0 Å². The summed E-state index contributed by atoms with van der Waals surface area (Å²) in [4.78, 5) is -2.42. The van der Waals surface area contributed by atoms with Crippen LogP contribution in [0.15, 0.2) is 87.5 Å². The molecule has 0 aliphatic heterocycles. The molecule has 0 atom stereocenters. The van der Waals surface area contributed by atoms with Gasteiger partial charge < -0.3 is 13.7 Å². The van der Waals surface area contributed by atoms with E-state index in [1.165, 1.54) is 36.4 Å². The molecule has 0 aliphatic rings. The standard InChI is InChI=1S/3C6H5FO3S.Ce/c3*7-5-3-1-2-4-6(5)11(8,9)10;/h3*1-4H,(H,8,9,10);/q;;;+3/p-3. The van der Waals surface area contributed by atoms with Gasteiger partial charge in [0.05, 0.1) is 14.7 Å². The molecule has 0 saturated heterocycles. The van der Waals surface area contributed by atoms with Crippen molar-refractivity contribution in [1.29, 1.82) is 0 Å². The monoisotopic (exact) mass is 665 g/mol. The van der Waals surface area contributed by atoms with Crippen molar-refractivity contribution in [3.8, 4) is 0 Å². The molecule has 0 aromatic heterocycles. The van der Waals surface area contributed by atoms with E-state index in [0.717, 1.165) is 36.4 Å². The van der Waals surface area contributed by atoms with Gasteiger partial charge >= 0.3 is 41.7 Å². The number of rotatable bonds is 3. The Hall–Kier alpha value is -1.44. The molecule has 0 heterocycles. The number of benzene rings is 3. The molecule has 0 amide bonds. The van der Waals surface area contributed by atoms with Gasteiger partial charge in [-0.05, 0) is 36.4 Å². The van der Waals surface area contributed by atoms with Crippen LogP contribution in [0.2, 0.25) is 0 Å². The fraction of sp³-hybridized carbons (Fsp3) is 0. The quantitative estimate of drug-likeness (QED) is 0.381. The van der Waals surface area contributed by atoms with Crippen LogP contribution in [0, 0.1) is 59.2 Å². The maximum absolute atomic E-state index is 12.5. The summed E-state index contributed by atoms with van der Waals surface area (Å²) < 4.78 is 130. The third kappa shape index (κ3) is 10.9. The summed E-state index contributed by atoms with van der Waals surface area (Å²) in [6, 6.07) is 13.3. The smallest absolute Gasteiger partial charge is 0.744 e. The first kappa shape index (κ1) is 32.6. The molecule has 181 valence electrons. The van der Waals surface area contributed by atoms with Gasteiger partial charge in [0.2, 0.25) is 0 Å². The van der Waals surface area contributed by atoms with E-state index < -0.39 is 62.5 Å². The minimum absolute atomic E-state index is 0. The minimum atomic E-state index is -4.66. The minimum Gasteiger partial charge on any atom is -0.744 e. The van der Waals surface area contributed by atoms with E-state index in [-0.39, 0.29) is 41.7 Å². The van der Waals surface area contributed by atoms with Crippen LogP contribution in [-0.2, 0) is 30.4 Å². The number of halogens is 3. The molecule has 1 radical (unpaired) electrons. The van der Waals surface area contributed by atoms with E-state index in [4.69, 9.17) is 0 Å². The van der Waals surface area contributed by atoms with Gasteiger partial charge in [0, 0.05) is 0 Å². The molecule has 3 rings (SSSR count). The van der Waals surface area contributed by atoms with Crippen LogP contribution < -0.4 is 0 Å². The van der Waals surface area contributed by atoms with Crippen LogP contribution in [0.25, 0.3) is 0 Å². The first-order chi connectivity index (χ1) is 15.0. The Morgan fingerprint density at radius 3 is 0.735 bits per heavy atom. The molecule has 0 spiro atoms. The van der Waals surface area contributed by atoms with Crippen molar-refractivity contribution in [3.05, 3.63) is 90.2 Å². The summed E-state index contributed by atoms with van der Waals surface area (Å²) in [6.45, 7) is 0. The molecule has 0 saturated carbocycles. The molecule has 3 aromatic rings. The first-order valence-electron chi connectivity index (χ1n) is 8.16. The van der Waals surface area contributed by atoms with Gasteiger partial charge in [0.1, 0.15) is 47.8 Å². The van der Waals surface area contributed by atoms with E-state index in [9.17, 15) is 52.1 Å². The van der Waals surface area contributed by atoms with E-state index in [2.05, 4.69) is 0 Å². The van der Waals surface area contributed by atoms with E-state index in [0.29, 0.717) is 0 Å². The average molecular weight is 666 g/mol. The molecule has 9 nitrogen and oxygen atoms in total. The normalized spacial score (nSPS) is 11.1. The Morgan fingerprint density at radius 1 is 0.441 bits per heavy atom. The third-order valence-corrected chi connectivity index (χ3v) is 5.93. The van der Waals surface area contributed by atoms with Gasteiger partial charge in [-0.3, -0.25) is 0 Å². The molecule has 0 bridgehead atoms. The molecule has 3 aromatic carbocycles. The van der Waals surface area contributed by atoms with Crippen molar-refractivity contribution in [2.75, 3.05) is 0 Å². The molecular weight excluding hydrogens is 654 g/mol. The van der Waals surface area contributed by atoms with Crippen LogP contribution in [0.3, 0.4) is 0 Å². The number of hydrogen-bond acceptors (Lipinski definition) is 9. The van der Waals surface area contributed by atoms with Crippen LogP contribution in [-0.4, -0.2) is 38.9 Å². The van der Waals surface area contributed by atoms with Gasteiger partial charge in [0.15, 0.2) is 0 Å². The molecule has 0 fully saturated rings. The summed E-state index contributed by atoms with van der Waals surface area (Å²) >= 11 is 0. The Labute approximate surface area is 227 Å². The van der Waals surface area contributed by atoms with Gasteiger partial charge in [-0.25, -0.2) is 38.4 Å². The fourth-order valence-corrected chi connectivity index (χ4v) is 3.60. The van der Waals surface area contributed by atoms with Crippen molar-refractivity contribution < 1.29 is 93.8 Å². The fourth-order valence-electron chi connectivity index (χ4n) is 1.94. The Balaban J connectivity index is 0.000000473. The molecule has 34 heavy (non-hydrogen) atoms. The van der Waals surface area contributed by atoms with Crippen molar-refractivity contribution in [2.45, 2.75) is 14.7 Å². The Morgan fingerprint density at radius 2 is 0.618 bits per heavy atom. The third-order valence-electron chi connectivity index (χ3n) is 3.32. The zero-order valence-electron chi connectivity index (χ0n) is 16.5. The van der Waals surface area contributed by atoms with Gasteiger partial charge in [0.25, 0.3) is 0 Å². The molecule has 0 unspecified atom stereocenters. The molecular formula is C18H12CeF3O9S3. The Bertz CT molecular complexity index is 1250. The van der Waals surface area contributed by atoms with Crippen molar-refractivity contribution >= 4 is 30.4 Å². The van der Waals surface area contributed by atoms with Crippen LogP contribution in [0.1, 0.15) is 0 Å². The summed E-state index contributed by atoms with van der Waals surface area (Å²) in [5.74, 6) is -3.03. The second-order valence-electron chi connectivity index (χ2n) is 5.65. The van der Waals surface area contributed by atoms with E-state index in [1.807, 2.05) is 0 Å². The second kappa shape index (κ2) is 13.6. The van der Waals surface area contributed by atoms with Gasteiger partial charge in [-0.2, -0.15) is 0 Å². The largest absolute Gasteiger partial charge is 3.00 e. The summed E-state index contributed by atoms with van der Waals surface area (Å²) in [5, 5.41) is 0.